The number of nitrogens with zero attached hydrogens (tertiary/aromatic N) is 1. The molecule has 0 atom stereocenters. The van der Waals surface area contributed by atoms with Crippen LogP contribution in [-0.4, -0.2) is 6.26 Å². The Morgan fingerprint density at radius 2 is 1.77 bits per heavy atom. The molecule has 0 aliphatic carbocycles. The second kappa shape index (κ2) is 9.47. The molecule has 0 unspecified atom stereocenters. The zero-order chi connectivity index (χ0) is 15.6. The van der Waals surface area contributed by atoms with Gasteiger partial charge < -0.3 is 0 Å². The highest BCUT2D eigenvalue weighted by Gasteiger charge is 2.05. The number of benzene rings is 1. The van der Waals surface area contributed by atoms with E-state index >= 15 is 0 Å². The topological polar surface area (TPSA) is 3.88 Å². The molecule has 2 heteroatoms. The van der Waals surface area contributed by atoms with Crippen molar-refractivity contribution in [3.05, 3.63) is 59.9 Å². The van der Waals surface area contributed by atoms with Crippen molar-refractivity contribution in [3.8, 4) is 0 Å². The maximum Gasteiger partial charge on any atom is 0.205 e. The summed E-state index contributed by atoms with van der Waals surface area (Å²) in [6, 6.07) is 15.1. The second-order valence-electron chi connectivity index (χ2n) is 5.49. The number of thioether (sulfide) groups is 1. The van der Waals surface area contributed by atoms with E-state index in [1.165, 1.54) is 41.8 Å². The van der Waals surface area contributed by atoms with Crippen molar-refractivity contribution in [2.45, 2.75) is 44.0 Å². The van der Waals surface area contributed by atoms with Crippen LogP contribution in [0.25, 0.3) is 12.2 Å². The molecule has 116 valence electrons. The number of unbranched alkanes of at least 4 members (excludes halogenated alkanes) is 3. The van der Waals surface area contributed by atoms with E-state index in [2.05, 4.69) is 78.6 Å². The molecule has 0 amide bonds. The lowest BCUT2D eigenvalue weighted by molar-refractivity contribution is -0.699. The quantitative estimate of drug-likeness (QED) is 0.356. The van der Waals surface area contributed by atoms with Gasteiger partial charge in [-0.15, -0.1) is 11.8 Å². The molecule has 0 saturated carbocycles. The minimum atomic E-state index is 1.10. The molecule has 1 heterocycles. The van der Waals surface area contributed by atoms with E-state index in [0.29, 0.717) is 0 Å². The fourth-order valence-corrected chi connectivity index (χ4v) is 2.86. The highest BCUT2D eigenvalue weighted by molar-refractivity contribution is 7.98. The highest BCUT2D eigenvalue weighted by atomic mass is 32.2. The summed E-state index contributed by atoms with van der Waals surface area (Å²) >= 11 is 1.78. The largest absolute Gasteiger partial charge is 0.205 e. The van der Waals surface area contributed by atoms with Gasteiger partial charge in [-0.3, -0.25) is 0 Å². The molecule has 2 aromatic rings. The summed E-state index contributed by atoms with van der Waals surface area (Å²) in [6.07, 6.45) is 13.9. The molecule has 1 aromatic heterocycles. The van der Waals surface area contributed by atoms with E-state index in [9.17, 15) is 0 Å². The SMILES string of the molecule is CCCCCC[n+]1ccccc1/C=C/c1ccc(SC)cc1. The molecule has 0 bridgehead atoms. The monoisotopic (exact) mass is 312 g/mol. The summed E-state index contributed by atoms with van der Waals surface area (Å²) in [5.74, 6) is 0. The molecular weight excluding hydrogens is 286 g/mol. The minimum absolute atomic E-state index is 1.10. The maximum absolute atomic E-state index is 2.35. The predicted molar refractivity (Wildman–Crippen MR) is 97.9 cm³/mol. The summed E-state index contributed by atoms with van der Waals surface area (Å²) in [5.41, 5.74) is 2.52. The average molecular weight is 313 g/mol. The van der Waals surface area contributed by atoms with E-state index in [0.717, 1.165) is 6.54 Å². The third kappa shape index (κ3) is 5.34. The maximum atomic E-state index is 2.35. The Labute approximate surface area is 139 Å². The molecule has 0 aliphatic heterocycles. The van der Waals surface area contributed by atoms with Crippen LogP contribution in [-0.2, 0) is 6.54 Å². The van der Waals surface area contributed by atoms with Crippen LogP contribution in [0.15, 0.2) is 53.6 Å². The fraction of sp³-hybridized carbons (Fsp3) is 0.350. The average Bonchev–Trinajstić information content (AvgIpc) is 2.58. The normalized spacial score (nSPS) is 11.2. The number of aryl methyl sites for hydroxylation is 1. The molecule has 1 aromatic carbocycles. The third-order valence-corrected chi connectivity index (χ3v) is 4.53. The van der Waals surface area contributed by atoms with Crippen LogP contribution >= 0.6 is 11.8 Å². The standard InChI is InChI=1S/C20H26NS/c1-3-4-5-7-16-21-17-8-6-9-19(21)13-10-18-11-14-20(22-2)15-12-18/h6,8-15,17H,3-5,7,16H2,1-2H3/q+1/b13-10+. The summed E-state index contributed by atoms with van der Waals surface area (Å²) in [4.78, 5) is 1.31. The first-order chi connectivity index (χ1) is 10.8. The smallest absolute Gasteiger partial charge is 0.199 e. The van der Waals surface area contributed by atoms with E-state index in [4.69, 9.17) is 0 Å². The molecule has 0 N–H and O–H groups in total. The molecule has 0 aliphatic rings. The van der Waals surface area contributed by atoms with Crippen LogP contribution in [0.1, 0.15) is 43.9 Å². The van der Waals surface area contributed by atoms with Crippen LogP contribution < -0.4 is 4.57 Å². The summed E-state index contributed by atoms with van der Waals surface area (Å²) in [7, 11) is 0. The van der Waals surface area contributed by atoms with Crippen molar-refractivity contribution in [1.29, 1.82) is 0 Å². The van der Waals surface area contributed by atoms with Crippen molar-refractivity contribution in [2.75, 3.05) is 6.26 Å². The van der Waals surface area contributed by atoms with Gasteiger partial charge >= 0.3 is 0 Å². The third-order valence-electron chi connectivity index (χ3n) is 3.79. The van der Waals surface area contributed by atoms with Crippen LogP contribution in [0.4, 0.5) is 0 Å². The Balaban J connectivity index is 2.02. The first kappa shape index (κ1) is 16.8. The van der Waals surface area contributed by atoms with Gasteiger partial charge in [0.1, 0.15) is 6.54 Å². The number of aromatic nitrogens is 1. The number of hydrogen-bond acceptors (Lipinski definition) is 1. The van der Waals surface area contributed by atoms with Gasteiger partial charge in [0.05, 0.1) is 0 Å². The van der Waals surface area contributed by atoms with E-state index in [-0.39, 0.29) is 0 Å². The van der Waals surface area contributed by atoms with E-state index in [1.807, 2.05) is 0 Å². The lowest BCUT2D eigenvalue weighted by Gasteiger charge is -2.01. The first-order valence-electron chi connectivity index (χ1n) is 8.14. The zero-order valence-corrected chi connectivity index (χ0v) is 14.5. The van der Waals surface area contributed by atoms with Gasteiger partial charge in [0.25, 0.3) is 0 Å². The second-order valence-corrected chi connectivity index (χ2v) is 6.37. The summed E-state index contributed by atoms with van der Waals surface area (Å²) in [6.45, 7) is 3.36. The number of rotatable bonds is 8. The first-order valence-corrected chi connectivity index (χ1v) is 9.36. The molecular formula is C20H26NS+. The van der Waals surface area contributed by atoms with Crippen molar-refractivity contribution in [2.24, 2.45) is 0 Å². The Morgan fingerprint density at radius 1 is 0.955 bits per heavy atom. The lowest BCUT2D eigenvalue weighted by Crippen LogP contribution is -2.36. The van der Waals surface area contributed by atoms with Gasteiger partial charge in [0.15, 0.2) is 6.20 Å². The van der Waals surface area contributed by atoms with Gasteiger partial charge in [0.2, 0.25) is 5.69 Å². The fourth-order valence-electron chi connectivity index (χ4n) is 2.45. The molecule has 22 heavy (non-hydrogen) atoms. The van der Waals surface area contributed by atoms with Crippen molar-refractivity contribution >= 4 is 23.9 Å². The lowest BCUT2D eigenvalue weighted by atomic mass is 10.2. The minimum Gasteiger partial charge on any atom is -0.199 e. The van der Waals surface area contributed by atoms with Crippen LogP contribution in [0.3, 0.4) is 0 Å². The Hall–Kier alpha value is -1.54. The van der Waals surface area contributed by atoms with Crippen LogP contribution in [0.5, 0.6) is 0 Å². The highest BCUT2D eigenvalue weighted by Crippen LogP contribution is 2.16. The van der Waals surface area contributed by atoms with E-state index in [1.54, 1.807) is 11.8 Å². The zero-order valence-electron chi connectivity index (χ0n) is 13.7. The van der Waals surface area contributed by atoms with Crippen LogP contribution in [0.2, 0.25) is 0 Å². The molecule has 0 spiro atoms. The van der Waals surface area contributed by atoms with E-state index < -0.39 is 0 Å². The van der Waals surface area contributed by atoms with Gasteiger partial charge in [-0.2, -0.15) is 4.57 Å². The van der Waals surface area contributed by atoms with Gasteiger partial charge in [0, 0.05) is 29.5 Å². The Bertz CT molecular complexity index is 587. The van der Waals surface area contributed by atoms with Gasteiger partial charge in [-0.25, -0.2) is 0 Å². The molecule has 0 saturated heterocycles. The van der Waals surface area contributed by atoms with Gasteiger partial charge in [-0.05, 0) is 42.5 Å². The Kier molecular flexibility index (Phi) is 7.24. The molecule has 2 rings (SSSR count). The summed E-state index contributed by atoms with van der Waals surface area (Å²) < 4.78 is 2.35. The molecule has 0 radical (unpaired) electrons. The molecule has 0 fully saturated rings. The number of hydrogen-bond donors (Lipinski definition) is 0. The van der Waals surface area contributed by atoms with Crippen LogP contribution in [0, 0.1) is 0 Å². The summed E-state index contributed by atoms with van der Waals surface area (Å²) in [5, 5.41) is 0. The number of pyridine rings is 1. The molecule has 1 nitrogen and oxygen atoms in total. The van der Waals surface area contributed by atoms with Gasteiger partial charge in [-0.1, -0.05) is 31.9 Å². The van der Waals surface area contributed by atoms with Crippen molar-refractivity contribution < 1.29 is 4.57 Å². The van der Waals surface area contributed by atoms with Crippen molar-refractivity contribution in [3.63, 3.8) is 0 Å². The Morgan fingerprint density at radius 3 is 2.50 bits per heavy atom. The van der Waals surface area contributed by atoms with Crippen molar-refractivity contribution in [1.82, 2.24) is 0 Å². The predicted octanol–water partition coefficient (Wildman–Crippen LogP) is 5.45.